The highest BCUT2D eigenvalue weighted by molar-refractivity contribution is 8.00. The third kappa shape index (κ3) is 4.09. The Kier molecular flexibility index (Phi) is 5.85. The number of nitrogens with zero attached hydrogens (tertiary/aromatic N) is 4. The van der Waals surface area contributed by atoms with Gasteiger partial charge in [-0.05, 0) is 0 Å². The van der Waals surface area contributed by atoms with E-state index in [0.29, 0.717) is 5.89 Å². The summed E-state index contributed by atoms with van der Waals surface area (Å²) in [5.41, 5.74) is 4.43. The summed E-state index contributed by atoms with van der Waals surface area (Å²) in [6.45, 7) is 1.63. The Hall–Kier alpha value is -2.36. The number of rotatable bonds is 7. The summed E-state index contributed by atoms with van der Waals surface area (Å²) in [7, 11) is 0. The van der Waals surface area contributed by atoms with Gasteiger partial charge in [-0.25, -0.2) is 4.98 Å². The number of β-lactam (4-membered cyclic amide) rings is 1. The number of aromatic nitrogens is 3. The van der Waals surface area contributed by atoms with Gasteiger partial charge in [-0.2, -0.15) is 0 Å². The van der Waals surface area contributed by atoms with E-state index in [-0.39, 0.29) is 34.1 Å². The Labute approximate surface area is 188 Å². The molecule has 0 aliphatic carbocycles. The van der Waals surface area contributed by atoms with E-state index in [4.69, 9.17) is 10.2 Å². The van der Waals surface area contributed by atoms with Gasteiger partial charge in [0.1, 0.15) is 16.8 Å². The number of carboxylic acid groups (broad SMARTS) is 1. The molecule has 2 saturated heterocycles. The molecule has 0 spiro atoms. The summed E-state index contributed by atoms with van der Waals surface area (Å²) in [5.74, 6) is -1.44. The van der Waals surface area contributed by atoms with Crippen molar-refractivity contribution in [3.05, 3.63) is 17.0 Å². The first-order chi connectivity index (χ1) is 14.7. The first-order valence-corrected chi connectivity index (χ1v) is 11.9. The lowest BCUT2D eigenvalue weighted by Gasteiger charge is -2.53. The van der Waals surface area contributed by atoms with Crippen LogP contribution in [-0.4, -0.2) is 77.5 Å². The molecule has 2 aromatic heterocycles. The number of nitrogens with two attached hydrogens (primary N) is 1. The summed E-state index contributed by atoms with van der Waals surface area (Å²) in [6.07, 6.45) is -1.55. The molecule has 2 amide bonds. The number of thiazole rings is 1. The van der Waals surface area contributed by atoms with Gasteiger partial charge < -0.3 is 30.6 Å². The molecule has 0 bridgehead atoms. The third-order valence-corrected chi connectivity index (χ3v) is 8.33. The van der Waals surface area contributed by atoms with E-state index in [1.807, 2.05) is 0 Å². The fourth-order valence-corrected chi connectivity index (χ4v) is 6.48. The Morgan fingerprint density at radius 2 is 2.29 bits per heavy atom. The molecule has 0 saturated carbocycles. The van der Waals surface area contributed by atoms with E-state index in [1.165, 1.54) is 22.0 Å². The average molecular weight is 487 g/mol. The summed E-state index contributed by atoms with van der Waals surface area (Å²) in [4.78, 5) is 42.3. The van der Waals surface area contributed by atoms with Gasteiger partial charge in [0.15, 0.2) is 11.2 Å². The van der Waals surface area contributed by atoms with E-state index in [0.717, 1.165) is 23.1 Å². The molecule has 0 radical (unpaired) electrons. The van der Waals surface area contributed by atoms with Gasteiger partial charge in [-0.1, -0.05) is 11.8 Å². The maximum atomic E-state index is 12.6. The summed E-state index contributed by atoms with van der Waals surface area (Å²) in [6, 6.07) is -0.846. The van der Waals surface area contributed by atoms with E-state index >= 15 is 0 Å². The van der Waals surface area contributed by atoms with E-state index in [1.54, 1.807) is 6.92 Å². The van der Waals surface area contributed by atoms with Crippen LogP contribution in [0, 0.1) is 12.3 Å². The highest BCUT2D eigenvalue weighted by Crippen LogP contribution is 2.44. The van der Waals surface area contributed by atoms with Crippen LogP contribution < -0.4 is 11.1 Å². The Morgan fingerprint density at radius 3 is 2.90 bits per heavy atom. The lowest BCUT2D eigenvalue weighted by Crippen LogP contribution is -2.74. The number of amides is 2. The molecule has 2 aliphatic rings. The summed E-state index contributed by atoms with van der Waals surface area (Å²) >= 11 is 3.48. The van der Waals surface area contributed by atoms with Crippen LogP contribution in [-0.2, 0) is 14.4 Å². The maximum absolute atomic E-state index is 12.6. The fourth-order valence-electron chi connectivity index (χ4n) is 3.24. The number of aliphatic hydroxyl groups excluding tert-OH is 1. The van der Waals surface area contributed by atoms with Crippen LogP contribution in [0.2, 0.25) is 0 Å². The van der Waals surface area contributed by atoms with Gasteiger partial charge in [-0.3, -0.25) is 14.4 Å². The average Bonchev–Trinajstić information content (AvgIpc) is 3.37. The third-order valence-electron chi connectivity index (χ3n) is 4.94. The van der Waals surface area contributed by atoms with Crippen LogP contribution >= 0.6 is 34.9 Å². The van der Waals surface area contributed by atoms with Crippen molar-refractivity contribution >= 4 is 57.8 Å². The summed E-state index contributed by atoms with van der Waals surface area (Å²) in [5, 5.41) is 31.6. The molecule has 2 fully saturated rings. The zero-order chi connectivity index (χ0) is 22.3. The molecule has 12 nitrogen and oxygen atoms in total. The van der Waals surface area contributed by atoms with Crippen molar-refractivity contribution < 1.29 is 29.0 Å². The second-order valence-electron chi connectivity index (χ2n) is 7.13. The van der Waals surface area contributed by atoms with Crippen molar-refractivity contribution in [2.24, 2.45) is 5.41 Å². The number of anilines is 1. The molecule has 166 valence electrons. The number of aliphatic hydroxyl groups is 1. The normalized spacial score (nSPS) is 26.1. The Morgan fingerprint density at radius 1 is 1.52 bits per heavy atom. The molecule has 0 aromatic carbocycles. The molecule has 4 rings (SSSR count). The standard InChI is InChI=1S/C16H18N6O6S3/c1-6-20-21-15(28-6)31-5-16(13(26)27)3-22-11(25)8(12(22)30-4-16)19-10(24)9(23)7-2-29-14(17)18-7/h2,8-9,12,23H,3-5H2,1H3,(H2,17,18)(H,19,24)(H,26,27)/t8?,9?,12-,16?/m1/s1. The SMILES string of the molecule is Cc1nnc(SCC2(C(=O)O)CS[C@@H]3C(NC(=O)C(O)c4csc(N)n4)C(=O)N3C2)o1. The Bertz CT molecular complexity index is 1030. The molecule has 2 aromatic rings. The van der Waals surface area contributed by atoms with Gasteiger partial charge in [0.25, 0.3) is 11.1 Å². The van der Waals surface area contributed by atoms with Crippen LogP contribution in [0.5, 0.6) is 0 Å². The Balaban J connectivity index is 1.39. The van der Waals surface area contributed by atoms with E-state index < -0.39 is 40.7 Å². The number of nitrogens with one attached hydrogen (secondary N) is 1. The zero-order valence-electron chi connectivity index (χ0n) is 16.0. The molecule has 4 atom stereocenters. The van der Waals surface area contributed by atoms with Crippen molar-refractivity contribution in [3.8, 4) is 0 Å². The highest BCUT2D eigenvalue weighted by atomic mass is 32.2. The van der Waals surface area contributed by atoms with Gasteiger partial charge in [0.2, 0.25) is 11.8 Å². The van der Waals surface area contributed by atoms with Crippen molar-refractivity contribution in [2.75, 3.05) is 23.8 Å². The van der Waals surface area contributed by atoms with E-state index in [9.17, 15) is 24.6 Å². The highest BCUT2D eigenvalue weighted by Gasteiger charge is 2.57. The van der Waals surface area contributed by atoms with Crippen LogP contribution in [0.4, 0.5) is 5.13 Å². The number of hydrogen-bond acceptors (Lipinski definition) is 12. The molecule has 15 heteroatoms. The topological polar surface area (TPSA) is 185 Å². The largest absolute Gasteiger partial charge is 0.481 e. The number of aryl methyl sites for hydroxylation is 1. The zero-order valence-corrected chi connectivity index (χ0v) is 18.5. The monoisotopic (exact) mass is 486 g/mol. The maximum Gasteiger partial charge on any atom is 0.313 e. The van der Waals surface area contributed by atoms with Crippen LogP contribution in [0.1, 0.15) is 17.7 Å². The number of thioether (sulfide) groups is 2. The number of carboxylic acids is 1. The van der Waals surface area contributed by atoms with Gasteiger partial charge in [-0.15, -0.1) is 33.3 Å². The molecule has 5 N–H and O–H groups in total. The first kappa shape index (κ1) is 21.9. The fraction of sp³-hybridized carbons (Fsp3) is 0.500. The van der Waals surface area contributed by atoms with Crippen molar-refractivity contribution in [1.82, 2.24) is 25.4 Å². The molecular weight excluding hydrogens is 468 g/mol. The molecule has 31 heavy (non-hydrogen) atoms. The summed E-state index contributed by atoms with van der Waals surface area (Å²) < 4.78 is 5.28. The lowest BCUT2D eigenvalue weighted by atomic mass is 9.89. The van der Waals surface area contributed by atoms with Crippen molar-refractivity contribution in [1.29, 1.82) is 0 Å². The molecule has 2 aliphatic heterocycles. The molecule has 3 unspecified atom stereocenters. The van der Waals surface area contributed by atoms with Gasteiger partial charge in [0.05, 0.1) is 5.69 Å². The smallest absolute Gasteiger partial charge is 0.313 e. The van der Waals surface area contributed by atoms with Crippen molar-refractivity contribution in [2.45, 2.75) is 29.7 Å². The number of hydrogen-bond donors (Lipinski definition) is 4. The van der Waals surface area contributed by atoms with Crippen molar-refractivity contribution in [3.63, 3.8) is 0 Å². The second kappa shape index (κ2) is 8.29. The minimum absolute atomic E-state index is 0.00348. The van der Waals surface area contributed by atoms with E-state index in [2.05, 4.69) is 20.5 Å². The van der Waals surface area contributed by atoms with Gasteiger partial charge >= 0.3 is 5.97 Å². The number of carbonyl (C=O) groups excluding carboxylic acids is 2. The minimum atomic E-state index is -1.55. The molecular formula is C16H18N6O6S3. The minimum Gasteiger partial charge on any atom is -0.481 e. The number of aliphatic carboxylic acids is 1. The predicted molar refractivity (Wildman–Crippen MR) is 111 cm³/mol. The number of carbonyl (C=O) groups is 3. The second-order valence-corrected chi connectivity index (χ2v) is 10.0. The molecule has 4 heterocycles. The van der Waals surface area contributed by atoms with Gasteiger partial charge in [0, 0.05) is 30.4 Å². The van der Waals surface area contributed by atoms with Crippen LogP contribution in [0.3, 0.4) is 0 Å². The lowest BCUT2D eigenvalue weighted by molar-refractivity contribution is -0.158. The number of fused-ring (bicyclic) bond motifs is 1. The van der Waals surface area contributed by atoms with Crippen LogP contribution in [0.15, 0.2) is 15.0 Å². The number of nitrogen functional groups attached to an aromatic ring is 1. The predicted octanol–water partition coefficient (Wildman–Crippen LogP) is -0.287. The quantitative estimate of drug-likeness (QED) is 0.297. The first-order valence-electron chi connectivity index (χ1n) is 8.98. The van der Waals surface area contributed by atoms with Crippen LogP contribution in [0.25, 0.3) is 0 Å².